The lowest BCUT2D eigenvalue weighted by Gasteiger charge is -2.47. The highest BCUT2D eigenvalue weighted by molar-refractivity contribution is 5.94. The minimum Gasteiger partial charge on any atom is -0.476 e. The van der Waals surface area contributed by atoms with Gasteiger partial charge in [-0.25, -0.2) is 9.78 Å². The largest absolute Gasteiger partial charge is 0.573 e. The Balaban J connectivity index is 1.15. The summed E-state index contributed by atoms with van der Waals surface area (Å²) in [6.07, 6.45) is -2.48. The van der Waals surface area contributed by atoms with E-state index in [1.807, 2.05) is 4.90 Å². The zero-order valence-corrected chi connectivity index (χ0v) is 22.9. The first kappa shape index (κ1) is 28.3. The van der Waals surface area contributed by atoms with Crippen LogP contribution in [0.1, 0.15) is 65.7 Å². The number of carboxylic acids is 1. The van der Waals surface area contributed by atoms with Gasteiger partial charge in [-0.2, -0.15) is 13.2 Å². The molecule has 2 aliphatic carbocycles. The smallest absolute Gasteiger partial charge is 0.476 e. The molecule has 1 aliphatic heterocycles. The lowest BCUT2D eigenvalue weighted by Crippen LogP contribution is -2.42. The molecule has 1 spiro atoms. The van der Waals surface area contributed by atoms with Gasteiger partial charge in [-0.3, -0.25) is 4.40 Å². The van der Waals surface area contributed by atoms with Crippen LogP contribution < -0.4 is 9.64 Å². The molecule has 2 fully saturated rings. The van der Waals surface area contributed by atoms with Gasteiger partial charge in [0.05, 0.1) is 11.2 Å². The summed E-state index contributed by atoms with van der Waals surface area (Å²) in [5.74, 6) is -2.39. The molecule has 14 heteroatoms. The normalized spacial score (nSPS) is 18.4. The molecule has 1 saturated carbocycles. The van der Waals surface area contributed by atoms with E-state index in [0.29, 0.717) is 55.1 Å². The molecule has 44 heavy (non-hydrogen) atoms. The molecular formula is C30H24F6N4O4. The van der Waals surface area contributed by atoms with Crippen LogP contribution in [0.3, 0.4) is 0 Å². The standard InChI is InChI=1S/C30H24F6N4O4/c31-29(32,33)27-37-24(26(41)42)20-8-7-18(15-40(20)27)39-11-9-28(10-12-39)13-17(14-28)22-23(38-44-25(22)16-5-6-16)19-3-1-2-4-21(19)43-30(34,35)36/h1-4,7-8,13,15-16H,5-6,9-12,14H2,(H,41,42). The van der Waals surface area contributed by atoms with E-state index in [-0.39, 0.29) is 28.2 Å². The van der Waals surface area contributed by atoms with E-state index >= 15 is 0 Å². The average Bonchev–Trinajstić information content (AvgIpc) is 3.56. The van der Waals surface area contributed by atoms with Crippen LogP contribution in [0.2, 0.25) is 0 Å². The highest BCUT2D eigenvalue weighted by atomic mass is 19.4. The van der Waals surface area contributed by atoms with E-state index in [2.05, 4.69) is 21.0 Å². The van der Waals surface area contributed by atoms with Gasteiger partial charge in [-0.1, -0.05) is 23.4 Å². The van der Waals surface area contributed by atoms with Crippen molar-refractivity contribution in [3.8, 4) is 17.0 Å². The van der Waals surface area contributed by atoms with Crippen LogP contribution in [-0.2, 0) is 6.18 Å². The Kier molecular flexibility index (Phi) is 6.28. The number of allylic oxidation sites excluding steroid dienone is 2. The number of carboxylic acid groups (broad SMARTS) is 1. The van der Waals surface area contributed by atoms with Crippen molar-refractivity contribution in [2.24, 2.45) is 5.41 Å². The minimum atomic E-state index is -4.87. The molecule has 4 heterocycles. The van der Waals surface area contributed by atoms with Crippen LogP contribution in [0.5, 0.6) is 5.75 Å². The number of hydrogen-bond acceptors (Lipinski definition) is 6. The number of fused-ring (bicyclic) bond motifs is 1. The molecule has 0 atom stereocenters. The number of ether oxygens (including phenoxy) is 1. The van der Waals surface area contributed by atoms with Gasteiger partial charge in [0.25, 0.3) is 0 Å². The Bertz CT molecular complexity index is 1810. The summed E-state index contributed by atoms with van der Waals surface area (Å²) < 4.78 is 91.0. The fraction of sp³-hybridized carbons (Fsp3) is 0.367. The van der Waals surface area contributed by atoms with Gasteiger partial charge in [-0.05, 0) is 67.4 Å². The third-order valence-electron chi connectivity index (χ3n) is 8.58. The van der Waals surface area contributed by atoms with Crippen molar-refractivity contribution >= 4 is 22.7 Å². The van der Waals surface area contributed by atoms with Gasteiger partial charge < -0.3 is 19.3 Å². The number of rotatable bonds is 6. The van der Waals surface area contributed by atoms with Crippen molar-refractivity contribution in [1.82, 2.24) is 14.5 Å². The van der Waals surface area contributed by atoms with E-state index in [1.54, 1.807) is 12.1 Å². The van der Waals surface area contributed by atoms with Gasteiger partial charge >= 0.3 is 18.5 Å². The summed E-state index contributed by atoms with van der Waals surface area (Å²) in [5, 5.41) is 13.5. The second-order valence-electron chi connectivity index (χ2n) is 11.5. The average molecular weight is 619 g/mol. The maximum Gasteiger partial charge on any atom is 0.573 e. The number of aromatic carboxylic acids is 1. The van der Waals surface area contributed by atoms with Crippen molar-refractivity contribution in [2.75, 3.05) is 18.0 Å². The number of aromatic nitrogens is 3. The summed E-state index contributed by atoms with van der Waals surface area (Å²) in [5.41, 5.74) is 1.65. The number of halogens is 6. The second-order valence-corrected chi connectivity index (χ2v) is 11.5. The summed E-state index contributed by atoms with van der Waals surface area (Å²) in [6.45, 7) is 1.07. The summed E-state index contributed by atoms with van der Waals surface area (Å²) in [7, 11) is 0. The lowest BCUT2D eigenvalue weighted by atomic mass is 9.63. The number of pyridine rings is 1. The zero-order valence-electron chi connectivity index (χ0n) is 22.9. The molecule has 1 N–H and O–H groups in total. The molecular weight excluding hydrogens is 594 g/mol. The molecule has 1 aromatic carbocycles. The van der Waals surface area contributed by atoms with Crippen LogP contribution in [0.4, 0.5) is 32.0 Å². The van der Waals surface area contributed by atoms with Crippen LogP contribution >= 0.6 is 0 Å². The first-order valence-electron chi connectivity index (χ1n) is 14.0. The van der Waals surface area contributed by atoms with Crippen molar-refractivity contribution in [2.45, 2.75) is 50.6 Å². The monoisotopic (exact) mass is 618 g/mol. The predicted molar refractivity (Wildman–Crippen MR) is 144 cm³/mol. The molecule has 1 saturated heterocycles. The SMILES string of the molecule is O=C(O)c1nc(C(F)(F)F)n2cc(N3CCC4(C=C(c5c(-c6ccccc6OC(F)(F)F)noc5C5CC5)C4)CC3)ccc12. The summed E-state index contributed by atoms with van der Waals surface area (Å²) >= 11 is 0. The highest BCUT2D eigenvalue weighted by Gasteiger charge is 2.45. The summed E-state index contributed by atoms with van der Waals surface area (Å²) in [4.78, 5) is 16.8. The number of alkyl halides is 6. The van der Waals surface area contributed by atoms with Crippen LogP contribution in [0, 0.1) is 5.41 Å². The molecule has 230 valence electrons. The molecule has 3 aliphatic rings. The second kappa shape index (κ2) is 9.76. The number of anilines is 1. The van der Waals surface area contributed by atoms with Gasteiger partial charge in [0.15, 0.2) is 5.69 Å². The number of para-hydroxylation sites is 1. The molecule has 0 radical (unpaired) electrons. The number of carbonyl (C=O) groups is 1. The van der Waals surface area contributed by atoms with Crippen molar-refractivity contribution < 1.29 is 45.5 Å². The van der Waals surface area contributed by atoms with Crippen molar-refractivity contribution in [3.63, 3.8) is 0 Å². The number of benzene rings is 1. The Morgan fingerprint density at radius 3 is 2.39 bits per heavy atom. The first-order valence-corrected chi connectivity index (χ1v) is 14.0. The van der Waals surface area contributed by atoms with Crippen LogP contribution in [0.15, 0.2) is 53.2 Å². The fourth-order valence-corrected chi connectivity index (χ4v) is 6.33. The molecule has 0 bridgehead atoms. The topological polar surface area (TPSA) is 93.1 Å². The van der Waals surface area contributed by atoms with Gasteiger partial charge in [0.1, 0.15) is 17.2 Å². The molecule has 0 unspecified atom stereocenters. The maximum absolute atomic E-state index is 13.6. The third-order valence-corrected chi connectivity index (χ3v) is 8.58. The maximum atomic E-state index is 13.6. The third kappa shape index (κ3) is 4.95. The van der Waals surface area contributed by atoms with Crippen LogP contribution in [0.25, 0.3) is 22.3 Å². The highest BCUT2D eigenvalue weighted by Crippen LogP contribution is 2.56. The Morgan fingerprint density at radius 2 is 1.75 bits per heavy atom. The molecule has 8 nitrogen and oxygen atoms in total. The minimum absolute atomic E-state index is 0.146. The Labute approximate surface area is 245 Å². The number of nitrogens with zero attached hydrogens (tertiary/aromatic N) is 4. The van der Waals surface area contributed by atoms with Crippen molar-refractivity contribution in [3.05, 3.63) is 71.5 Å². The molecule has 3 aromatic heterocycles. The van der Waals surface area contributed by atoms with Gasteiger partial charge in [0, 0.05) is 36.3 Å². The van der Waals surface area contributed by atoms with E-state index in [1.165, 1.54) is 30.5 Å². The van der Waals surface area contributed by atoms with Crippen molar-refractivity contribution in [1.29, 1.82) is 0 Å². The fourth-order valence-electron chi connectivity index (χ4n) is 6.33. The van der Waals surface area contributed by atoms with Gasteiger partial charge in [-0.15, -0.1) is 13.2 Å². The Hall–Kier alpha value is -4.49. The number of piperidine rings is 1. The quantitative estimate of drug-likeness (QED) is 0.223. The number of imidazole rings is 1. The Morgan fingerprint density at radius 1 is 1.05 bits per heavy atom. The molecule has 0 amide bonds. The first-order chi connectivity index (χ1) is 20.8. The predicted octanol–water partition coefficient (Wildman–Crippen LogP) is 7.56. The summed E-state index contributed by atoms with van der Waals surface area (Å²) in [6, 6.07) is 8.76. The van der Waals surface area contributed by atoms with E-state index in [9.17, 15) is 36.2 Å². The van der Waals surface area contributed by atoms with Crippen LogP contribution in [-0.4, -0.2) is 45.1 Å². The molecule has 4 aromatic rings. The van der Waals surface area contributed by atoms with E-state index < -0.39 is 30.0 Å². The zero-order chi connectivity index (χ0) is 31.0. The number of hydrogen-bond donors (Lipinski definition) is 1. The van der Waals surface area contributed by atoms with Gasteiger partial charge in [0.2, 0.25) is 5.82 Å². The van der Waals surface area contributed by atoms with E-state index in [0.717, 1.165) is 22.8 Å². The lowest BCUT2D eigenvalue weighted by molar-refractivity contribution is -0.274. The molecule has 7 rings (SSSR count). The van der Waals surface area contributed by atoms with E-state index in [4.69, 9.17) is 4.52 Å².